The number of morpholine rings is 1. The third-order valence-electron chi connectivity index (χ3n) is 5.32. The first-order valence-corrected chi connectivity index (χ1v) is 10.1. The number of nitrogens with zero attached hydrogens (tertiary/aromatic N) is 2. The number of rotatable bonds is 3. The number of methoxy groups -OCH3 is 1. The van der Waals surface area contributed by atoms with Gasteiger partial charge in [0.2, 0.25) is 0 Å². The summed E-state index contributed by atoms with van der Waals surface area (Å²) in [5.74, 6) is 0.373. The Morgan fingerprint density at radius 2 is 2.00 bits per heavy atom. The number of halogens is 1. The molecule has 2 aromatic carbocycles. The quantitative estimate of drug-likeness (QED) is 0.748. The van der Waals surface area contributed by atoms with Crippen molar-refractivity contribution in [3.8, 4) is 5.75 Å². The molecule has 2 fully saturated rings. The predicted molar refractivity (Wildman–Crippen MR) is 112 cm³/mol. The van der Waals surface area contributed by atoms with Gasteiger partial charge in [0.25, 0.3) is 11.8 Å². The molecule has 1 atom stereocenters. The van der Waals surface area contributed by atoms with Gasteiger partial charge in [0.1, 0.15) is 18.0 Å². The summed E-state index contributed by atoms with van der Waals surface area (Å²) in [6.07, 6.45) is 0. The SMILES string of the molecule is COc1cccc(N2CC3(COCCN(C(=O)c4cccc(Cl)c4)C3)OCC2=O)c1. The Morgan fingerprint density at radius 1 is 1.17 bits per heavy atom. The zero-order chi connectivity index (χ0) is 21.1. The minimum Gasteiger partial charge on any atom is -0.497 e. The summed E-state index contributed by atoms with van der Waals surface area (Å²) in [4.78, 5) is 29.1. The maximum absolute atomic E-state index is 13.1. The van der Waals surface area contributed by atoms with E-state index in [1.54, 1.807) is 41.2 Å². The molecule has 1 spiro atoms. The normalized spacial score (nSPS) is 22.1. The van der Waals surface area contributed by atoms with Crippen molar-refractivity contribution in [1.82, 2.24) is 4.90 Å². The Hall–Kier alpha value is -2.61. The van der Waals surface area contributed by atoms with Gasteiger partial charge >= 0.3 is 0 Å². The lowest BCUT2D eigenvalue weighted by Gasteiger charge is -2.43. The monoisotopic (exact) mass is 430 g/mol. The van der Waals surface area contributed by atoms with Crippen LogP contribution in [0.15, 0.2) is 48.5 Å². The number of benzene rings is 2. The molecule has 2 aliphatic rings. The van der Waals surface area contributed by atoms with Crippen molar-refractivity contribution in [3.05, 3.63) is 59.1 Å². The summed E-state index contributed by atoms with van der Waals surface area (Å²) in [6, 6.07) is 14.2. The summed E-state index contributed by atoms with van der Waals surface area (Å²) < 4.78 is 17.1. The van der Waals surface area contributed by atoms with Crippen LogP contribution in [0.2, 0.25) is 5.02 Å². The van der Waals surface area contributed by atoms with E-state index in [0.717, 1.165) is 5.69 Å². The minimum absolute atomic E-state index is 0.0836. The third-order valence-corrected chi connectivity index (χ3v) is 5.56. The molecule has 0 N–H and O–H groups in total. The Balaban J connectivity index is 1.58. The highest BCUT2D eigenvalue weighted by Gasteiger charge is 2.44. The highest BCUT2D eigenvalue weighted by atomic mass is 35.5. The third kappa shape index (κ3) is 4.28. The van der Waals surface area contributed by atoms with Crippen LogP contribution >= 0.6 is 11.6 Å². The number of ether oxygens (including phenoxy) is 3. The molecule has 7 nitrogen and oxygen atoms in total. The van der Waals surface area contributed by atoms with Gasteiger partial charge in [-0.2, -0.15) is 0 Å². The molecule has 2 saturated heterocycles. The molecule has 158 valence electrons. The van der Waals surface area contributed by atoms with Gasteiger partial charge in [-0.05, 0) is 30.3 Å². The highest BCUT2D eigenvalue weighted by molar-refractivity contribution is 6.30. The maximum Gasteiger partial charge on any atom is 0.254 e. The van der Waals surface area contributed by atoms with Crippen LogP contribution in [-0.2, 0) is 14.3 Å². The van der Waals surface area contributed by atoms with Crippen LogP contribution in [0.25, 0.3) is 0 Å². The molecular weight excluding hydrogens is 408 g/mol. The van der Waals surface area contributed by atoms with E-state index in [-0.39, 0.29) is 25.0 Å². The Labute approximate surface area is 180 Å². The lowest BCUT2D eigenvalue weighted by Crippen LogP contribution is -2.61. The van der Waals surface area contributed by atoms with E-state index in [1.165, 1.54) is 0 Å². The van der Waals surface area contributed by atoms with E-state index in [2.05, 4.69) is 0 Å². The second-order valence-electron chi connectivity index (χ2n) is 7.44. The van der Waals surface area contributed by atoms with E-state index < -0.39 is 5.60 Å². The van der Waals surface area contributed by atoms with E-state index in [9.17, 15) is 9.59 Å². The van der Waals surface area contributed by atoms with Crippen LogP contribution in [0.1, 0.15) is 10.4 Å². The fourth-order valence-corrected chi connectivity index (χ4v) is 3.98. The largest absolute Gasteiger partial charge is 0.497 e. The summed E-state index contributed by atoms with van der Waals surface area (Å²) in [5, 5.41) is 0.505. The summed E-state index contributed by atoms with van der Waals surface area (Å²) in [7, 11) is 1.58. The van der Waals surface area contributed by atoms with Crippen LogP contribution in [0.3, 0.4) is 0 Å². The minimum atomic E-state index is -0.818. The van der Waals surface area contributed by atoms with Crippen molar-refractivity contribution in [2.75, 3.05) is 51.5 Å². The molecule has 2 aliphatic heterocycles. The standard InChI is InChI=1S/C22H23ClN2O5/c1-28-19-7-3-6-18(11-19)25-14-22(30-12-20(25)26)13-24(8-9-29-15-22)21(27)16-4-2-5-17(23)10-16/h2-7,10-11H,8-9,12-15H2,1H3. The van der Waals surface area contributed by atoms with Gasteiger partial charge in [-0.15, -0.1) is 0 Å². The summed E-state index contributed by atoms with van der Waals surface area (Å²) >= 11 is 6.06. The van der Waals surface area contributed by atoms with Gasteiger partial charge in [-0.1, -0.05) is 23.7 Å². The lowest BCUT2D eigenvalue weighted by molar-refractivity contribution is -0.145. The number of amides is 2. The Morgan fingerprint density at radius 3 is 2.80 bits per heavy atom. The van der Waals surface area contributed by atoms with E-state index in [4.69, 9.17) is 25.8 Å². The Bertz CT molecular complexity index is 953. The fourth-order valence-electron chi connectivity index (χ4n) is 3.79. The molecule has 8 heteroatoms. The molecule has 1 unspecified atom stereocenters. The van der Waals surface area contributed by atoms with Crippen molar-refractivity contribution in [2.45, 2.75) is 5.60 Å². The topological polar surface area (TPSA) is 68.3 Å². The van der Waals surface area contributed by atoms with E-state index in [0.29, 0.717) is 42.6 Å². The number of hydrogen-bond acceptors (Lipinski definition) is 5. The predicted octanol–water partition coefficient (Wildman–Crippen LogP) is 2.62. The molecule has 0 aliphatic carbocycles. The molecular formula is C22H23ClN2O5. The number of anilines is 1. The van der Waals surface area contributed by atoms with Crippen molar-refractivity contribution in [3.63, 3.8) is 0 Å². The zero-order valence-corrected chi connectivity index (χ0v) is 17.4. The van der Waals surface area contributed by atoms with E-state index in [1.807, 2.05) is 24.3 Å². The van der Waals surface area contributed by atoms with Crippen LogP contribution < -0.4 is 9.64 Å². The van der Waals surface area contributed by atoms with Crippen molar-refractivity contribution in [2.24, 2.45) is 0 Å². The first-order chi connectivity index (χ1) is 14.5. The molecule has 0 radical (unpaired) electrons. The molecule has 0 bridgehead atoms. The molecule has 0 aromatic heterocycles. The lowest BCUT2D eigenvalue weighted by atomic mass is 10.0. The van der Waals surface area contributed by atoms with Crippen LogP contribution in [0, 0.1) is 0 Å². The molecule has 30 heavy (non-hydrogen) atoms. The van der Waals surface area contributed by atoms with Crippen LogP contribution in [0.5, 0.6) is 5.75 Å². The van der Waals surface area contributed by atoms with Crippen molar-refractivity contribution >= 4 is 29.1 Å². The second kappa shape index (κ2) is 8.63. The van der Waals surface area contributed by atoms with E-state index >= 15 is 0 Å². The van der Waals surface area contributed by atoms with Gasteiger partial charge in [-0.3, -0.25) is 9.59 Å². The molecule has 2 aromatic rings. The first kappa shape index (κ1) is 20.7. The smallest absolute Gasteiger partial charge is 0.254 e. The number of carbonyl (C=O) groups excluding carboxylic acids is 2. The van der Waals surface area contributed by atoms with Crippen LogP contribution in [-0.4, -0.2) is 68.9 Å². The van der Waals surface area contributed by atoms with Crippen molar-refractivity contribution < 1.29 is 23.8 Å². The highest BCUT2D eigenvalue weighted by Crippen LogP contribution is 2.29. The molecule has 2 amide bonds. The Kier molecular flexibility index (Phi) is 5.94. The average molecular weight is 431 g/mol. The number of carbonyl (C=O) groups is 2. The molecule has 2 heterocycles. The maximum atomic E-state index is 13.1. The molecule has 4 rings (SSSR count). The fraction of sp³-hybridized carbons (Fsp3) is 0.364. The van der Waals surface area contributed by atoms with Gasteiger partial charge < -0.3 is 24.0 Å². The van der Waals surface area contributed by atoms with Crippen LogP contribution in [0.4, 0.5) is 5.69 Å². The van der Waals surface area contributed by atoms with Gasteiger partial charge in [0.05, 0.1) is 33.4 Å². The van der Waals surface area contributed by atoms with Gasteiger partial charge in [-0.25, -0.2) is 0 Å². The van der Waals surface area contributed by atoms with Gasteiger partial charge in [0, 0.05) is 28.9 Å². The first-order valence-electron chi connectivity index (χ1n) is 9.71. The zero-order valence-electron chi connectivity index (χ0n) is 16.7. The van der Waals surface area contributed by atoms with Gasteiger partial charge in [0.15, 0.2) is 0 Å². The summed E-state index contributed by atoms with van der Waals surface area (Å²) in [6.45, 7) is 1.62. The number of hydrogen-bond donors (Lipinski definition) is 0. The average Bonchev–Trinajstić information content (AvgIpc) is 2.98. The summed E-state index contributed by atoms with van der Waals surface area (Å²) in [5.41, 5.74) is 0.414. The van der Waals surface area contributed by atoms with Crippen molar-refractivity contribution in [1.29, 1.82) is 0 Å². The molecule has 0 saturated carbocycles. The second-order valence-corrected chi connectivity index (χ2v) is 7.88.